The second-order valence-corrected chi connectivity index (χ2v) is 6.15. The van der Waals surface area contributed by atoms with Gasteiger partial charge in [-0.3, -0.25) is 4.79 Å². The molecule has 0 aliphatic rings. The lowest BCUT2D eigenvalue weighted by molar-refractivity contribution is -0.148. The van der Waals surface area contributed by atoms with E-state index in [9.17, 15) is 19.2 Å². The van der Waals surface area contributed by atoms with E-state index in [0.717, 1.165) is 11.6 Å². The SMILES string of the molecule is Cc1ccc(/C=C(\C#N)C(=O)O[C@H](C)C(=O)Nc2ccc(F)c(Cl)c2)cc1. The molecule has 0 saturated carbocycles. The summed E-state index contributed by atoms with van der Waals surface area (Å²) in [6.45, 7) is 3.28. The largest absolute Gasteiger partial charge is 0.448 e. The number of halogens is 2. The molecule has 7 heteroatoms. The van der Waals surface area contributed by atoms with E-state index in [1.807, 2.05) is 19.1 Å². The molecule has 1 atom stereocenters. The molecule has 2 aromatic rings. The Bertz CT molecular complexity index is 933. The van der Waals surface area contributed by atoms with Crippen molar-refractivity contribution >= 4 is 35.2 Å². The highest BCUT2D eigenvalue weighted by molar-refractivity contribution is 6.31. The van der Waals surface area contributed by atoms with Crippen molar-refractivity contribution in [1.29, 1.82) is 5.26 Å². The average Bonchev–Trinajstić information content (AvgIpc) is 2.64. The van der Waals surface area contributed by atoms with Crippen LogP contribution < -0.4 is 5.32 Å². The molecule has 0 unspecified atom stereocenters. The van der Waals surface area contributed by atoms with Crippen LogP contribution in [0.25, 0.3) is 6.08 Å². The maximum atomic E-state index is 13.1. The summed E-state index contributed by atoms with van der Waals surface area (Å²) in [6, 6.07) is 12.6. The number of carbonyl (C=O) groups excluding carboxylic acids is 2. The molecule has 0 aliphatic carbocycles. The van der Waals surface area contributed by atoms with Crippen LogP contribution in [0, 0.1) is 24.1 Å². The van der Waals surface area contributed by atoms with E-state index in [1.54, 1.807) is 18.2 Å². The van der Waals surface area contributed by atoms with Crippen molar-refractivity contribution < 1.29 is 18.7 Å². The first-order valence-electron chi connectivity index (χ1n) is 7.95. The van der Waals surface area contributed by atoms with Gasteiger partial charge in [-0.05, 0) is 43.7 Å². The van der Waals surface area contributed by atoms with E-state index in [4.69, 9.17) is 16.3 Å². The Labute approximate surface area is 161 Å². The van der Waals surface area contributed by atoms with Gasteiger partial charge in [0.1, 0.15) is 17.5 Å². The molecular formula is C20H16ClFN2O3. The molecule has 1 N–H and O–H groups in total. The van der Waals surface area contributed by atoms with Crippen LogP contribution in [0.3, 0.4) is 0 Å². The molecule has 0 radical (unpaired) electrons. The fourth-order valence-electron chi connectivity index (χ4n) is 2.06. The number of carbonyl (C=O) groups is 2. The Morgan fingerprint density at radius 1 is 1.26 bits per heavy atom. The molecule has 27 heavy (non-hydrogen) atoms. The number of nitriles is 1. The van der Waals surface area contributed by atoms with Crippen LogP contribution in [0.5, 0.6) is 0 Å². The van der Waals surface area contributed by atoms with E-state index >= 15 is 0 Å². The first kappa shape index (κ1) is 20.1. The molecule has 0 aromatic heterocycles. The molecule has 5 nitrogen and oxygen atoms in total. The highest BCUT2D eigenvalue weighted by Crippen LogP contribution is 2.19. The van der Waals surface area contributed by atoms with E-state index in [2.05, 4.69) is 5.32 Å². The molecule has 138 valence electrons. The summed E-state index contributed by atoms with van der Waals surface area (Å²) in [7, 11) is 0. The number of ether oxygens (including phenoxy) is 1. The lowest BCUT2D eigenvalue weighted by Crippen LogP contribution is -2.30. The molecule has 1 amide bonds. The van der Waals surface area contributed by atoms with Gasteiger partial charge < -0.3 is 10.1 Å². The van der Waals surface area contributed by atoms with Crippen LogP contribution in [0.15, 0.2) is 48.0 Å². The molecule has 0 spiro atoms. The minimum absolute atomic E-state index is 0.148. The monoisotopic (exact) mass is 386 g/mol. The number of benzene rings is 2. The third-order valence-corrected chi connectivity index (χ3v) is 3.86. The standard InChI is InChI=1S/C20H16ClFN2O3/c1-12-3-5-14(6-4-12)9-15(11-23)20(26)27-13(2)19(25)24-16-7-8-18(22)17(21)10-16/h3-10,13H,1-2H3,(H,24,25)/b15-9+/t13-/m1/s1. The van der Waals surface area contributed by atoms with Crippen molar-refractivity contribution in [2.24, 2.45) is 0 Å². The second kappa shape index (κ2) is 8.97. The van der Waals surface area contributed by atoms with Gasteiger partial charge in [-0.25, -0.2) is 9.18 Å². The van der Waals surface area contributed by atoms with Crippen LogP contribution in [0.2, 0.25) is 5.02 Å². The van der Waals surface area contributed by atoms with Gasteiger partial charge in [-0.2, -0.15) is 5.26 Å². The van der Waals surface area contributed by atoms with Gasteiger partial charge in [-0.15, -0.1) is 0 Å². The molecular weight excluding hydrogens is 371 g/mol. The number of amides is 1. The summed E-state index contributed by atoms with van der Waals surface area (Å²) in [5.41, 5.74) is 1.72. The topological polar surface area (TPSA) is 79.2 Å². The molecule has 0 fully saturated rings. The van der Waals surface area contributed by atoms with Gasteiger partial charge in [0.05, 0.1) is 5.02 Å². The van der Waals surface area contributed by atoms with Gasteiger partial charge in [0.25, 0.3) is 5.91 Å². The van der Waals surface area contributed by atoms with Crippen molar-refractivity contribution in [3.8, 4) is 6.07 Å². The Kier molecular flexibility index (Phi) is 6.69. The fourth-order valence-corrected chi connectivity index (χ4v) is 2.24. The van der Waals surface area contributed by atoms with Crippen molar-refractivity contribution in [1.82, 2.24) is 0 Å². The van der Waals surface area contributed by atoms with Crippen LogP contribution in [-0.4, -0.2) is 18.0 Å². The zero-order chi connectivity index (χ0) is 20.0. The minimum Gasteiger partial charge on any atom is -0.448 e. The Morgan fingerprint density at radius 3 is 2.52 bits per heavy atom. The molecule has 0 heterocycles. The summed E-state index contributed by atoms with van der Waals surface area (Å²) >= 11 is 5.65. The first-order valence-corrected chi connectivity index (χ1v) is 8.33. The first-order chi connectivity index (χ1) is 12.8. The molecule has 2 rings (SSSR count). The van der Waals surface area contributed by atoms with Crippen molar-refractivity contribution in [3.05, 3.63) is 70.0 Å². The highest BCUT2D eigenvalue weighted by Gasteiger charge is 2.21. The summed E-state index contributed by atoms with van der Waals surface area (Å²) in [4.78, 5) is 24.3. The number of nitrogens with zero attached hydrogens (tertiary/aromatic N) is 1. The number of hydrogen-bond donors (Lipinski definition) is 1. The summed E-state index contributed by atoms with van der Waals surface area (Å²) in [5.74, 6) is -2.18. The van der Waals surface area contributed by atoms with E-state index in [-0.39, 0.29) is 16.3 Å². The smallest absolute Gasteiger partial charge is 0.349 e. The predicted molar refractivity (Wildman–Crippen MR) is 100 cm³/mol. The fraction of sp³-hybridized carbons (Fsp3) is 0.150. The van der Waals surface area contributed by atoms with Crippen molar-refractivity contribution in [2.75, 3.05) is 5.32 Å². The van der Waals surface area contributed by atoms with Crippen molar-refractivity contribution in [3.63, 3.8) is 0 Å². The number of esters is 1. The minimum atomic E-state index is -1.17. The second-order valence-electron chi connectivity index (χ2n) is 5.75. The Hall–Kier alpha value is -3.17. The van der Waals surface area contributed by atoms with Crippen LogP contribution in [-0.2, 0) is 14.3 Å². The number of nitrogens with one attached hydrogen (secondary N) is 1. The van der Waals surface area contributed by atoms with E-state index in [1.165, 1.54) is 25.1 Å². The maximum Gasteiger partial charge on any atom is 0.349 e. The lowest BCUT2D eigenvalue weighted by Gasteiger charge is -2.13. The normalized spacial score (nSPS) is 12.0. The number of rotatable bonds is 5. The third kappa shape index (κ3) is 5.66. The van der Waals surface area contributed by atoms with Gasteiger partial charge in [0, 0.05) is 5.69 Å². The molecule has 0 bridgehead atoms. The zero-order valence-corrected chi connectivity index (χ0v) is 15.4. The third-order valence-electron chi connectivity index (χ3n) is 3.57. The van der Waals surface area contributed by atoms with Gasteiger partial charge in [0.2, 0.25) is 0 Å². The highest BCUT2D eigenvalue weighted by atomic mass is 35.5. The van der Waals surface area contributed by atoms with Crippen molar-refractivity contribution in [2.45, 2.75) is 20.0 Å². The van der Waals surface area contributed by atoms with Crippen LogP contribution in [0.4, 0.5) is 10.1 Å². The van der Waals surface area contributed by atoms with Gasteiger partial charge in [0.15, 0.2) is 6.10 Å². The Balaban J connectivity index is 2.04. The predicted octanol–water partition coefficient (Wildman–Crippen LogP) is 4.26. The number of hydrogen-bond acceptors (Lipinski definition) is 4. The lowest BCUT2D eigenvalue weighted by atomic mass is 10.1. The Morgan fingerprint density at radius 2 is 1.93 bits per heavy atom. The summed E-state index contributed by atoms with van der Waals surface area (Å²) < 4.78 is 18.2. The molecule has 0 aliphatic heterocycles. The van der Waals surface area contributed by atoms with E-state index < -0.39 is 23.8 Å². The number of anilines is 1. The van der Waals surface area contributed by atoms with Crippen LogP contribution in [0.1, 0.15) is 18.1 Å². The number of aryl methyl sites for hydroxylation is 1. The zero-order valence-electron chi connectivity index (χ0n) is 14.6. The average molecular weight is 387 g/mol. The van der Waals surface area contributed by atoms with E-state index in [0.29, 0.717) is 5.56 Å². The molecule has 0 saturated heterocycles. The van der Waals surface area contributed by atoms with Gasteiger partial charge >= 0.3 is 5.97 Å². The summed E-state index contributed by atoms with van der Waals surface area (Å²) in [6.07, 6.45) is 0.211. The quantitative estimate of drug-likeness (QED) is 0.473. The van der Waals surface area contributed by atoms with Crippen LogP contribution >= 0.6 is 11.6 Å². The summed E-state index contributed by atoms with van der Waals surface area (Å²) in [5, 5.41) is 11.5. The van der Waals surface area contributed by atoms with Gasteiger partial charge in [-0.1, -0.05) is 41.4 Å². The maximum absolute atomic E-state index is 13.1. The molecule has 2 aromatic carbocycles.